The number of hydrogen-bond acceptors (Lipinski definition) is 5. The van der Waals surface area contributed by atoms with Crippen molar-refractivity contribution in [3.05, 3.63) is 45.0 Å². The highest BCUT2D eigenvalue weighted by Gasteiger charge is 2.36. The SMILES string of the molecule is CCC1CCCCN1c1nc2c(c(=O)[nH]1)C(C(=O)Nc1ccc(F)c(Cl)c1)CC(=O)N2. The minimum Gasteiger partial charge on any atom is -0.339 e. The molecular formula is C21H23ClFN5O3. The van der Waals surface area contributed by atoms with Crippen LogP contribution >= 0.6 is 11.6 Å². The lowest BCUT2D eigenvalue weighted by Crippen LogP contribution is -2.43. The van der Waals surface area contributed by atoms with Crippen molar-refractivity contribution in [2.45, 2.75) is 51.0 Å². The molecule has 4 rings (SSSR count). The number of amides is 2. The number of nitrogens with one attached hydrogen (secondary N) is 3. The van der Waals surface area contributed by atoms with Crippen LogP contribution in [0, 0.1) is 5.82 Å². The molecule has 2 atom stereocenters. The summed E-state index contributed by atoms with van der Waals surface area (Å²) in [4.78, 5) is 47.5. The van der Waals surface area contributed by atoms with Crippen LogP contribution < -0.4 is 21.1 Å². The Bertz CT molecular complexity index is 1090. The van der Waals surface area contributed by atoms with Gasteiger partial charge in [0, 0.05) is 24.7 Å². The maximum Gasteiger partial charge on any atom is 0.258 e. The van der Waals surface area contributed by atoms with E-state index in [0.29, 0.717) is 5.95 Å². The van der Waals surface area contributed by atoms with Gasteiger partial charge >= 0.3 is 0 Å². The third kappa shape index (κ3) is 4.27. The highest BCUT2D eigenvalue weighted by Crippen LogP contribution is 2.32. The zero-order valence-corrected chi connectivity index (χ0v) is 17.8. The number of nitrogens with zero attached hydrogens (tertiary/aromatic N) is 2. The van der Waals surface area contributed by atoms with E-state index in [1.807, 2.05) is 0 Å². The lowest BCUT2D eigenvalue weighted by molar-refractivity contribution is -0.123. The lowest BCUT2D eigenvalue weighted by Gasteiger charge is -2.36. The Morgan fingerprint density at radius 3 is 2.90 bits per heavy atom. The highest BCUT2D eigenvalue weighted by atomic mass is 35.5. The van der Waals surface area contributed by atoms with Crippen molar-refractivity contribution in [2.24, 2.45) is 0 Å². The smallest absolute Gasteiger partial charge is 0.258 e. The van der Waals surface area contributed by atoms with Crippen molar-refractivity contribution in [3.8, 4) is 0 Å². The summed E-state index contributed by atoms with van der Waals surface area (Å²) in [5.74, 6) is -2.10. The molecule has 2 unspecified atom stereocenters. The molecule has 0 saturated carbocycles. The predicted molar refractivity (Wildman–Crippen MR) is 116 cm³/mol. The van der Waals surface area contributed by atoms with Gasteiger partial charge in [-0.15, -0.1) is 0 Å². The fourth-order valence-corrected chi connectivity index (χ4v) is 4.41. The number of halogens is 2. The summed E-state index contributed by atoms with van der Waals surface area (Å²) < 4.78 is 13.4. The third-order valence-electron chi connectivity index (χ3n) is 5.81. The molecule has 0 bridgehead atoms. The van der Waals surface area contributed by atoms with Gasteiger partial charge in [0.05, 0.1) is 16.5 Å². The van der Waals surface area contributed by atoms with E-state index >= 15 is 0 Å². The van der Waals surface area contributed by atoms with E-state index in [-0.39, 0.29) is 34.6 Å². The van der Waals surface area contributed by atoms with Gasteiger partial charge in [0.2, 0.25) is 17.8 Å². The first kappa shape index (κ1) is 21.3. The summed E-state index contributed by atoms with van der Waals surface area (Å²) in [5, 5.41) is 5.09. The minimum absolute atomic E-state index is 0.104. The van der Waals surface area contributed by atoms with Gasteiger partial charge in [0.15, 0.2) is 0 Å². The number of anilines is 3. The Hall–Kier alpha value is -2.94. The lowest BCUT2D eigenvalue weighted by atomic mass is 9.92. The van der Waals surface area contributed by atoms with E-state index in [2.05, 4.69) is 32.4 Å². The zero-order valence-electron chi connectivity index (χ0n) is 17.0. The fourth-order valence-electron chi connectivity index (χ4n) is 4.23. The fraction of sp³-hybridized carbons (Fsp3) is 0.429. The van der Waals surface area contributed by atoms with Crippen LogP contribution in [0.1, 0.15) is 50.5 Å². The van der Waals surface area contributed by atoms with Gasteiger partial charge in [-0.05, 0) is 43.9 Å². The molecule has 10 heteroatoms. The number of fused-ring (bicyclic) bond motifs is 1. The van der Waals surface area contributed by atoms with Crippen LogP contribution in [0.4, 0.5) is 21.8 Å². The van der Waals surface area contributed by atoms with Crippen LogP contribution in [-0.2, 0) is 9.59 Å². The molecular weight excluding hydrogens is 425 g/mol. The molecule has 3 N–H and O–H groups in total. The summed E-state index contributed by atoms with van der Waals surface area (Å²) >= 11 is 5.77. The first-order valence-electron chi connectivity index (χ1n) is 10.3. The predicted octanol–water partition coefficient (Wildman–Crippen LogP) is 3.40. The topological polar surface area (TPSA) is 107 Å². The standard InChI is InChI=1S/C21H23ClFN5O3/c1-2-12-5-3-4-8-28(12)21-26-18-17(20(31)27-21)13(10-16(29)25-18)19(30)24-11-6-7-15(23)14(22)9-11/h6-7,9,12-13H,2-5,8,10H2,1H3,(H,24,30)(H2,25,26,27,29,31). The molecule has 8 nitrogen and oxygen atoms in total. The number of hydrogen-bond donors (Lipinski definition) is 3. The molecule has 31 heavy (non-hydrogen) atoms. The molecule has 0 aliphatic carbocycles. The molecule has 3 heterocycles. The summed E-state index contributed by atoms with van der Waals surface area (Å²) in [5.41, 5.74) is -0.0825. The van der Waals surface area contributed by atoms with Crippen molar-refractivity contribution in [1.29, 1.82) is 0 Å². The van der Waals surface area contributed by atoms with E-state index in [0.717, 1.165) is 38.3 Å². The molecule has 1 aromatic heterocycles. The van der Waals surface area contributed by atoms with Gasteiger partial charge in [-0.25, -0.2) is 4.39 Å². The number of benzene rings is 1. The molecule has 0 spiro atoms. The largest absolute Gasteiger partial charge is 0.339 e. The molecule has 1 fully saturated rings. The molecule has 2 amide bonds. The summed E-state index contributed by atoms with van der Waals surface area (Å²) in [6.07, 6.45) is 3.85. The van der Waals surface area contributed by atoms with Gasteiger partial charge in [0.1, 0.15) is 11.6 Å². The summed E-state index contributed by atoms with van der Waals surface area (Å²) in [7, 11) is 0. The van der Waals surface area contributed by atoms with Crippen molar-refractivity contribution >= 4 is 40.9 Å². The van der Waals surface area contributed by atoms with E-state index in [4.69, 9.17) is 11.6 Å². The molecule has 164 valence electrons. The number of aromatic nitrogens is 2. The summed E-state index contributed by atoms with van der Waals surface area (Å²) in [6.45, 7) is 2.85. The maximum absolute atomic E-state index is 13.4. The molecule has 1 saturated heterocycles. The molecule has 2 aromatic rings. The van der Waals surface area contributed by atoms with Gasteiger partial charge in [-0.3, -0.25) is 19.4 Å². The maximum atomic E-state index is 13.4. The van der Waals surface area contributed by atoms with Gasteiger partial charge in [-0.1, -0.05) is 18.5 Å². The number of aromatic amines is 1. The molecule has 1 aromatic carbocycles. The van der Waals surface area contributed by atoms with Gasteiger partial charge in [-0.2, -0.15) is 4.98 Å². The Labute approximate surface area is 183 Å². The van der Waals surface area contributed by atoms with Gasteiger partial charge < -0.3 is 15.5 Å². The van der Waals surface area contributed by atoms with Crippen LogP contribution in [0.15, 0.2) is 23.0 Å². The van der Waals surface area contributed by atoms with Crippen LogP contribution in [-0.4, -0.2) is 34.4 Å². The third-order valence-corrected chi connectivity index (χ3v) is 6.10. The van der Waals surface area contributed by atoms with E-state index < -0.39 is 29.1 Å². The Morgan fingerprint density at radius 1 is 1.35 bits per heavy atom. The first-order chi connectivity index (χ1) is 14.9. The van der Waals surface area contributed by atoms with E-state index in [1.54, 1.807) is 0 Å². The van der Waals surface area contributed by atoms with Crippen molar-refractivity contribution in [2.75, 3.05) is 22.1 Å². The quantitative estimate of drug-likeness (QED) is 0.665. The van der Waals surface area contributed by atoms with Crippen LogP contribution in [0.2, 0.25) is 5.02 Å². The molecule has 2 aliphatic heterocycles. The second-order valence-electron chi connectivity index (χ2n) is 7.83. The molecule has 2 aliphatic rings. The number of carbonyl (C=O) groups is 2. The zero-order chi connectivity index (χ0) is 22.1. The Balaban J connectivity index is 1.65. The Morgan fingerprint density at radius 2 is 2.16 bits per heavy atom. The minimum atomic E-state index is -1.03. The van der Waals surface area contributed by atoms with Crippen molar-refractivity contribution < 1.29 is 14.0 Å². The van der Waals surface area contributed by atoms with E-state index in [9.17, 15) is 18.8 Å². The first-order valence-corrected chi connectivity index (χ1v) is 10.7. The normalized spacial score (nSPS) is 20.7. The highest BCUT2D eigenvalue weighted by molar-refractivity contribution is 6.31. The number of carbonyl (C=O) groups excluding carboxylic acids is 2. The van der Waals surface area contributed by atoms with Gasteiger partial charge in [0.25, 0.3) is 5.56 Å². The number of rotatable bonds is 4. The van der Waals surface area contributed by atoms with Crippen LogP contribution in [0.25, 0.3) is 0 Å². The molecule has 0 radical (unpaired) electrons. The number of H-pyrrole nitrogens is 1. The van der Waals surface area contributed by atoms with E-state index in [1.165, 1.54) is 12.1 Å². The van der Waals surface area contributed by atoms with Crippen LogP contribution in [0.5, 0.6) is 0 Å². The van der Waals surface area contributed by atoms with Crippen molar-refractivity contribution in [1.82, 2.24) is 9.97 Å². The van der Waals surface area contributed by atoms with Crippen molar-refractivity contribution in [3.63, 3.8) is 0 Å². The second-order valence-corrected chi connectivity index (χ2v) is 8.23. The monoisotopic (exact) mass is 447 g/mol. The second kappa shape index (κ2) is 8.66. The summed E-state index contributed by atoms with van der Waals surface area (Å²) in [6, 6.07) is 4.01. The average molecular weight is 448 g/mol. The van der Waals surface area contributed by atoms with Crippen LogP contribution in [0.3, 0.4) is 0 Å². The Kier molecular flexibility index (Phi) is 5.95. The number of piperidine rings is 1. The average Bonchev–Trinajstić information content (AvgIpc) is 2.75.